The summed E-state index contributed by atoms with van der Waals surface area (Å²) in [7, 11) is 0. The molecule has 0 aromatic heterocycles. The number of benzene rings is 1. The van der Waals surface area contributed by atoms with Crippen LogP contribution in [-0.4, -0.2) is 19.1 Å². The molecule has 0 spiro atoms. The zero-order valence-electron chi connectivity index (χ0n) is 9.16. The van der Waals surface area contributed by atoms with Gasteiger partial charge in [-0.3, -0.25) is 4.79 Å². The van der Waals surface area contributed by atoms with Crippen molar-refractivity contribution in [2.45, 2.75) is 12.8 Å². The van der Waals surface area contributed by atoms with Gasteiger partial charge in [-0.15, -0.1) is 0 Å². The molecule has 0 unspecified atom stereocenters. The summed E-state index contributed by atoms with van der Waals surface area (Å²) in [5, 5.41) is 2.76. The van der Waals surface area contributed by atoms with Crippen LogP contribution in [0.25, 0.3) is 0 Å². The Kier molecular flexibility index (Phi) is 2.70. The van der Waals surface area contributed by atoms with Crippen molar-refractivity contribution in [1.82, 2.24) is 0 Å². The Hall–Kier alpha value is -1.23. The Morgan fingerprint density at radius 2 is 2.29 bits per heavy atom. The molecule has 4 nitrogen and oxygen atoms in total. The molecule has 1 saturated carbocycles. The van der Waals surface area contributed by atoms with E-state index in [1.165, 1.54) is 12.8 Å². The largest absolute Gasteiger partial charge is 0.492 e. The Balaban J connectivity index is 1.81. The Bertz CT molecular complexity index is 471. The van der Waals surface area contributed by atoms with Gasteiger partial charge in [-0.2, -0.15) is 0 Å². The molecule has 1 aliphatic heterocycles. The number of anilines is 1. The van der Waals surface area contributed by atoms with Crippen LogP contribution in [0.4, 0.5) is 5.69 Å². The van der Waals surface area contributed by atoms with E-state index in [0.717, 1.165) is 16.8 Å². The lowest BCUT2D eigenvalue weighted by atomic mass is 10.2. The van der Waals surface area contributed by atoms with Crippen molar-refractivity contribution in [1.29, 1.82) is 0 Å². The second-order valence-corrected chi connectivity index (χ2v) is 5.22. The van der Waals surface area contributed by atoms with Crippen LogP contribution in [-0.2, 0) is 4.79 Å². The number of nitrogens with one attached hydrogen (secondary N) is 1. The first-order valence-electron chi connectivity index (χ1n) is 5.61. The molecule has 0 bridgehead atoms. The van der Waals surface area contributed by atoms with Crippen LogP contribution in [0.5, 0.6) is 11.5 Å². The van der Waals surface area contributed by atoms with Gasteiger partial charge in [0.2, 0.25) is 0 Å². The highest BCUT2D eigenvalue weighted by Gasteiger charge is 2.23. The molecule has 5 heteroatoms. The lowest BCUT2D eigenvalue weighted by Crippen LogP contribution is -2.25. The van der Waals surface area contributed by atoms with E-state index in [0.29, 0.717) is 17.4 Å². The van der Waals surface area contributed by atoms with Gasteiger partial charge >= 0.3 is 0 Å². The molecule has 0 atom stereocenters. The van der Waals surface area contributed by atoms with E-state index in [1.807, 2.05) is 12.1 Å². The van der Waals surface area contributed by atoms with Gasteiger partial charge in [0, 0.05) is 6.07 Å². The van der Waals surface area contributed by atoms with Crippen molar-refractivity contribution < 1.29 is 14.3 Å². The van der Waals surface area contributed by atoms with Gasteiger partial charge in [-0.25, -0.2) is 0 Å². The Morgan fingerprint density at radius 1 is 1.47 bits per heavy atom. The second kappa shape index (κ2) is 4.22. The summed E-state index contributed by atoms with van der Waals surface area (Å²) in [6.45, 7) is 0.820. The lowest BCUT2D eigenvalue weighted by molar-refractivity contribution is -0.118. The molecule has 1 amide bonds. The van der Waals surface area contributed by atoms with Gasteiger partial charge in [0.25, 0.3) is 5.91 Å². The molecular formula is C12H12BrNO3. The summed E-state index contributed by atoms with van der Waals surface area (Å²) < 4.78 is 11.9. The highest BCUT2D eigenvalue weighted by molar-refractivity contribution is 9.10. The lowest BCUT2D eigenvalue weighted by Gasteiger charge is -2.19. The molecule has 1 heterocycles. The topological polar surface area (TPSA) is 47.6 Å². The number of hydrogen-bond acceptors (Lipinski definition) is 3. The minimum absolute atomic E-state index is 0.0662. The van der Waals surface area contributed by atoms with E-state index in [1.54, 1.807) is 0 Å². The number of carbonyl (C=O) groups excluding carboxylic acids is 1. The van der Waals surface area contributed by atoms with Gasteiger partial charge in [0.15, 0.2) is 6.61 Å². The smallest absolute Gasteiger partial charge is 0.262 e. The number of hydrogen-bond donors (Lipinski definition) is 1. The summed E-state index contributed by atoms with van der Waals surface area (Å²) in [4.78, 5) is 11.2. The molecule has 1 aromatic rings. The van der Waals surface area contributed by atoms with Crippen LogP contribution in [0.2, 0.25) is 0 Å². The van der Waals surface area contributed by atoms with Crippen molar-refractivity contribution in [3.8, 4) is 11.5 Å². The molecule has 1 N–H and O–H groups in total. The second-order valence-electron chi connectivity index (χ2n) is 4.37. The van der Waals surface area contributed by atoms with Crippen LogP contribution in [0, 0.1) is 5.92 Å². The van der Waals surface area contributed by atoms with Gasteiger partial charge in [-0.1, -0.05) is 0 Å². The van der Waals surface area contributed by atoms with Crippen molar-refractivity contribution in [3.05, 3.63) is 16.6 Å². The maximum Gasteiger partial charge on any atom is 0.262 e. The Labute approximate surface area is 107 Å². The van der Waals surface area contributed by atoms with Gasteiger partial charge in [0.1, 0.15) is 11.5 Å². The molecule has 2 aliphatic rings. The van der Waals surface area contributed by atoms with Crippen LogP contribution >= 0.6 is 15.9 Å². The number of ether oxygens (including phenoxy) is 2. The zero-order valence-corrected chi connectivity index (χ0v) is 10.7. The summed E-state index contributed by atoms with van der Waals surface area (Å²) in [5.41, 5.74) is 0.687. The fraction of sp³-hybridized carbons (Fsp3) is 0.417. The number of amides is 1. The van der Waals surface area contributed by atoms with Crippen molar-refractivity contribution in [2.24, 2.45) is 5.92 Å². The number of rotatable bonds is 3. The van der Waals surface area contributed by atoms with E-state index in [9.17, 15) is 4.79 Å². The highest BCUT2D eigenvalue weighted by Crippen LogP contribution is 2.39. The third kappa shape index (κ3) is 2.39. The standard InChI is InChI=1S/C12H12BrNO3/c13-8-3-9-11(17-6-12(15)14-9)4-10(8)16-5-7-1-2-7/h3-4,7H,1-2,5-6H2,(H,14,15). The molecule has 1 fully saturated rings. The van der Waals surface area contributed by atoms with Crippen molar-refractivity contribution in [3.63, 3.8) is 0 Å². The fourth-order valence-corrected chi connectivity index (χ4v) is 2.14. The van der Waals surface area contributed by atoms with E-state index in [-0.39, 0.29) is 12.5 Å². The summed E-state index contributed by atoms with van der Waals surface area (Å²) in [6.07, 6.45) is 2.52. The third-order valence-electron chi connectivity index (χ3n) is 2.84. The molecule has 0 radical (unpaired) electrons. The molecule has 1 aromatic carbocycles. The molecule has 17 heavy (non-hydrogen) atoms. The minimum atomic E-state index is -0.129. The maximum atomic E-state index is 11.2. The van der Waals surface area contributed by atoms with Gasteiger partial charge in [0.05, 0.1) is 16.8 Å². The SMILES string of the molecule is O=C1COc2cc(OCC3CC3)c(Br)cc2N1. The first kappa shape index (κ1) is 10.9. The number of fused-ring (bicyclic) bond motifs is 1. The monoisotopic (exact) mass is 297 g/mol. The van der Waals surface area contributed by atoms with E-state index >= 15 is 0 Å². The zero-order chi connectivity index (χ0) is 11.8. The normalized spacial score (nSPS) is 18.1. The summed E-state index contributed by atoms with van der Waals surface area (Å²) in [6, 6.07) is 3.63. The van der Waals surface area contributed by atoms with E-state index in [2.05, 4.69) is 21.2 Å². The van der Waals surface area contributed by atoms with Crippen molar-refractivity contribution >= 4 is 27.5 Å². The predicted molar refractivity (Wildman–Crippen MR) is 66.5 cm³/mol. The van der Waals surface area contributed by atoms with Gasteiger partial charge < -0.3 is 14.8 Å². The molecular weight excluding hydrogens is 286 g/mol. The quantitative estimate of drug-likeness (QED) is 0.933. The third-order valence-corrected chi connectivity index (χ3v) is 3.46. The van der Waals surface area contributed by atoms with Crippen molar-refractivity contribution in [2.75, 3.05) is 18.5 Å². The number of halogens is 1. The highest BCUT2D eigenvalue weighted by atomic mass is 79.9. The fourth-order valence-electron chi connectivity index (χ4n) is 1.68. The maximum absolute atomic E-state index is 11.2. The first-order valence-corrected chi connectivity index (χ1v) is 6.40. The number of carbonyl (C=O) groups is 1. The predicted octanol–water partition coefficient (Wildman–Crippen LogP) is 2.57. The van der Waals surface area contributed by atoms with Crippen LogP contribution < -0.4 is 14.8 Å². The first-order chi connectivity index (χ1) is 8.22. The van der Waals surface area contributed by atoms with Gasteiger partial charge in [-0.05, 0) is 40.8 Å². The minimum Gasteiger partial charge on any atom is -0.492 e. The molecule has 1 aliphatic carbocycles. The summed E-state index contributed by atoms with van der Waals surface area (Å²) >= 11 is 3.43. The summed E-state index contributed by atoms with van der Waals surface area (Å²) in [5.74, 6) is 2.01. The Morgan fingerprint density at radius 3 is 3.06 bits per heavy atom. The average molecular weight is 298 g/mol. The molecule has 90 valence electrons. The average Bonchev–Trinajstić information content (AvgIpc) is 3.10. The van der Waals surface area contributed by atoms with E-state index < -0.39 is 0 Å². The van der Waals surface area contributed by atoms with Crippen LogP contribution in [0.15, 0.2) is 16.6 Å². The molecule has 0 saturated heterocycles. The van der Waals surface area contributed by atoms with E-state index in [4.69, 9.17) is 9.47 Å². The molecule has 3 rings (SSSR count). The van der Waals surface area contributed by atoms with Crippen LogP contribution in [0.3, 0.4) is 0 Å². The van der Waals surface area contributed by atoms with Crippen LogP contribution in [0.1, 0.15) is 12.8 Å².